The van der Waals surface area contributed by atoms with E-state index in [4.69, 9.17) is 9.47 Å². The number of carbonyl (C=O) groups is 3. The fourth-order valence-electron chi connectivity index (χ4n) is 8.09. The number of carbonyl (C=O) groups excluding carboxylic acids is 3. The van der Waals surface area contributed by atoms with Crippen molar-refractivity contribution in [1.82, 2.24) is 0 Å². The molecule has 5 heteroatoms. The van der Waals surface area contributed by atoms with Gasteiger partial charge in [-0.05, 0) is 61.3 Å². The van der Waals surface area contributed by atoms with Crippen molar-refractivity contribution in [3.8, 4) is 0 Å². The van der Waals surface area contributed by atoms with Crippen molar-refractivity contribution in [3.05, 3.63) is 12.2 Å². The average molecular weight is 403 g/mol. The summed E-state index contributed by atoms with van der Waals surface area (Å²) in [5, 5.41) is 0. The van der Waals surface area contributed by atoms with E-state index < -0.39 is 5.41 Å². The molecule has 0 aromatic rings. The molecule has 4 fully saturated rings. The first-order chi connectivity index (χ1) is 13.5. The molecule has 4 aliphatic rings. The summed E-state index contributed by atoms with van der Waals surface area (Å²) in [6.07, 6.45) is 6.16. The van der Waals surface area contributed by atoms with Gasteiger partial charge >= 0.3 is 11.9 Å². The Morgan fingerprint density at radius 1 is 1.14 bits per heavy atom. The van der Waals surface area contributed by atoms with E-state index in [9.17, 15) is 14.4 Å². The van der Waals surface area contributed by atoms with E-state index in [1.54, 1.807) is 0 Å². The fourth-order valence-corrected chi connectivity index (χ4v) is 8.09. The Bertz CT molecular complexity index is 771. The number of hydrogen-bond donors (Lipinski definition) is 0. The first-order valence-electron chi connectivity index (χ1n) is 11.1. The van der Waals surface area contributed by atoms with Crippen molar-refractivity contribution in [2.45, 2.75) is 78.7 Å². The standard InChI is InChI=1S/C24H34O5/c1-14-17-11-18(29-16(3)26)20-23(5)9-6-8-22(4,13-28-15(2)25)19(23)7-10-24(20,12-17)21(14)27/h17-20H,1,6-13H2,2-5H3/t17-,18+,19?,20?,22-,23-,24-/m1/s1. The van der Waals surface area contributed by atoms with Crippen LogP contribution < -0.4 is 0 Å². The molecular weight excluding hydrogens is 368 g/mol. The largest absolute Gasteiger partial charge is 0.465 e. The molecule has 0 aromatic carbocycles. The van der Waals surface area contributed by atoms with Crippen LogP contribution in [0.3, 0.4) is 0 Å². The summed E-state index contributed by atoms with van der Waals surface area (Å²) in [6.45, 7) is 12.0. The van der Waals surface area contributed by atoms with E-state index in [1.165, 1.54) is 13.8 Å². The normalized spacial score (nSPS) is 45.9. The van der Waals surface area contributed by atoms with Gasteiger partial charge in [-0.1, -0.05) is 26.8 Å². The minimum absolute atomic E-state index is 0.0117. The van der Waals surface area contributed by atoms with E-state index in [-0.39, 0.29) is 46.5 Å². The Morgan fingerprint density at radius 3 is 2.52 bits per heavy atom. The van der Waals surface area contributed by atoms with E-state index in [2.05, 4.69) is 20.4 Å². The molecule has 4 rings (SSSR count). The molecule has 7 atom stereocenters. The Morgan fingerprint density at radius 2 is 1.86 bits per heavy atom. The third kappa shape index (κ3) is 2.90. The van der Waals surface area contributed by atoms with Crippen LogP contribution in [-0.2, 0) is 23.9 Å². The summed E-state index contributed by atoms with van der Waals surface area (Å²) >= 11 is 0. The second-order valence-corrected chi connectivity index (χ2v) is 10.7. The highest BCUT2D eigenvalue weighted by Crippen LogP contribution is 2.71. The monoisotopic (exact) mass is 402 g/mol. The van der Waals surface area contributed by atoms with Gasteiger partial charge in [0.15, 0.2) is 5.78 Å². The highest BCUT2D eigenvalue weighted by Gasteiger charge is 2.70. The van der Waals surface area contributed by atoms with Crippen LogP contribution in [0.2, 0.25) is 0 Å². The minimum atomic E-state index is -0.439. The second kappa shape index (κ2) is 6.68. The predicted octanol–water partition coefficient (Wildman–Crippen LogP) is 4.24. The quantitative estimate of drug-likeness (QED) is 0.522. The first-order valence-corrected chi connectivity index (χ1v) is 11.1. The smallest absolute Gasteiger partial charge is 0.302 e. The number of allylic oxidation sites excluding steroid dienone is 1. The van der Waals surface area contributed by atoms with Gasteiger partial charge in [-0.15, -0.1) is 0 Å². The van der Waals surface area contributed by atoms with Crippen molar-refractivity contribution in [2.24, 2.45) is 34.0 Å². The summed E-state index contributed by atoms with van der Waals surface area (Å²) in [7, 11) is 0. The van der Waals surface area contributed by atoms with Crippen LogP contribution >= 0.6 is 0 Å². The van der Waals surface area contributed by atoms with Gasteiger partial charge in [-0.3, -0.25) is 14.4 Å². The van der Waals surface area contributed by atoms with Crippen LogP contribution in [0.15, 0.2) is 12.2 Å². The highest BCUT2D eigenvalue weighted by molar-refractivity contribution is 6.03. The van der Waals surface area contributed by atoms with Crippen LogP contribution in [0.4, 0.5) is 0 Å². The van der Waals surface area contributed by atoms with Crippen LogP contribution in [0.1, 0.15) is 72.6 Å². The number of fused-ring (bicyclic) bond motifs is 3. The Balaban J connectivity index is 1.76. The zero-order valence-electron chi connectivity index (χ0n) is 18.2. The maximum atomic E-state index is 13.5. The van der Waals surface area contributed by atoms with Crippen LogP contribution in [0.25, 0.3) is 0 Å². The molecule has 1 spiro atoms. The number of ketones is 1. The SMILES string of the molecule is C=C1C(=O)[C@@]23CCC4[C@@](C)(COC(C)=O)CCC[C@@]4(C)C2[C@@H](OC(C)=O)C[C@@H]1C3. The van der Waals surface area contributed by atoms with Crippen LogP contribution in [0.5, 0.6) is 0 Å². The lowest BCUT2D eigenvalue weighted by Crippen LogP contribution is -2.62. The molecule has 0 aliphatic heterocycles. The Hall–Kier alpha value is -1.65. The van der Waals surface area contributed by atoms with Crippen LogP contribution in [0, 0.1) is 34.0 Å². The lowest BCUT2D eigenvalue weighted by Gasteiger charge is -2.64. The van der Waals surface area contributed by atoms with Crippen molar-refractivity contribution < 1.29 is 23.9 Å². The molecule has 0 amide bonds. The Kier molecular flexibility index (Phi) is 4.75. The fraction of sp³-hybridized carbons (Fsp3) is 0.792. The Labute approximate surface area is 173 Å². The third-order valence-corrected chi connectivity index (χ3v) is 8.94. The summed E-state index contributed by atoms with van der Waals surface area (Å²) in [5.74, 6) is 0.182. The van der Waals surface area contributed by atoms with Crippen molar-refractivity contribution in [2.75, 3.05) is 6.61 Å². The van der Waals surface area contributed by atoms with Gasteiger partial charge < -0.3 is 9.47 Å². The van der Waals surface area contributed by atoms with Gasteiger partial charge in [0, 0.05) is 30.6 Å². The molecule has 0 radical (unpaired) electrons. The molecule has 2 unspecified atom stereocenters. The number of rotatable bonds is 3. The van der Waals surface area contributed by atoms with Crippen molar-refractivity contribution in [1.29, 1.82) is 0 Å². The minimum Gasteiger partial charge on any atom is -0.465 e. The molecule has 5 nitrogen and oxygen atoms in total. The molecule has 4 aliphatic carbocycles. The van der Waals surface area contributed by atoms with Gasteiger partial charge in [-0.25, -0.2) is 0 Å². The molecule has 29 heavy (non-hydrogen) atoms. The molecule has 0 heterocycles. The van der Waals surface area contributed by atoms with Gasteiger partial charge in [0.05, 0.1) is 6.61 Å². The lowest BCUT2D eigenvalue weighted by molar-refractivity contribution is -0.208. The van der Waals surface area contributed by atoms with Gasteiger partial charge in [0.25, 0.3) is 0 Å². The van der Waals surface area contributed by atoms with E-state index >= 15 is 0 Å². The number of esters is 2. The maximum absolute atomic E-state index is 13.5. The highest BCUT2D eigenvalue weighted by atomic mass is 16.5. The van der Waals surface area contributed by atoms with Crippen molar-refractivity contribution >= 4 is 17.7 Å². The van der Waals surface area contributed by atoms with E-state index in [0.29, 0.717) is 18.9 Å². The predicted molar refractivity (Wildman–Crippen MR) is 108 cm³/mol. The van der Waals surface area contributed by atoms with Crippen molar-refractivity contribution in [3.63, 3.8) is 0 Å². The maximum Gasteiger partial charge on any atom is 0.302 e. The zero-order valence-corrected chi connectivity index (χ0v) is 18.2. The molecule has 2 bridgehead atoms. The second-order valence-electron chi connectivity index (χ2n) is 10.7. The molecule has 160 valence electrons. The molecule has 0 aromatic heterocycles. The molecule has 0 saturated heterocycles. The summed E-state index contributed by atoms with van der Waals surface area (Å²) in [5.41, 5.74) is 0.0587. The van der Waals surface area contributed by atoms with Gasteiger partial charge in [0.1, 0.15) is 6.10 Å². The zero-order chi connectivity index (χ0) is 21.2. The van der Waals surface area contributed by atoms with E-state index in [0.717, 1.165) is 44.1 Å². The summed E-state index contributed by atoms with van der Waals surface area (Å²) in [4.78, 5) is 36.9. The third-order valence-electron chi connectivity index (χ3n) is 8.94. The summed E-state index contributed by atoms with van der Waals surface area (Å²) in [6, 6.07) is 0. The lowest BCUT2D eigenvalue weighted by atomic mass is 9.40. The first kappa shape index (κ1) is 20.6. The number of ether oxygens (including phenoxy) is 2. The average Bonchev–Trinajstić information content (AvgIpc) is 2.80. The topological polar surface area (TPSA) is 69.7 Å². The number of Topliss-reactive ketones (excluding diaryl/α,β-unsaturated/α-hetero) is 1. The summed E-state index contributed by atoms with van der Waals surface area (Å²) < 4.78 is 11.4. The van der Waals surface area contributed by atoms with Gasteiger partial charge in [-0.2, -0.15) is 0 Å². The molecule has 4 saturated carbocycles. The van der Waals surface area contributed by atoms with E-state index in [1.807, 2.05) is 0 Å². The number of hydrogen-bond acceptors (Lipinski definition) is 5. The van der Waals surface area contributed by atoms with Crippen LogP contribution in [-0.4, -0.2) is 30.4 Å². The van der Waals surface area contributed by atoms with Gasteiger partial charge in [0.2, 0.25) is 0 Å². The molecular formula is C24H34O5. The molecule has 0 N–H and O–H groups in total.